The molecule has 0 amide bonds. The Kier molecular flexibility index (Phi) is 10.2. The van der Waals surface area contributed by atoms with E-state index in [2.05, 4.69) is 0 Å². The largest absolute Gasteiger partial charge is 0.518 e. The number of hydrogen-bond donors (Lipinski definition) is 0. The smallest absolute Gasteiger partial charge is 0.323 e. The van der Waals surface area contributed by atoms with Crippen LogP contribution in [0.2, 0.25) is 78.6 Å². The van der Waals surface area contributed by atoms with Crippen LogP contribution in [0.15, 0.2) is 0 Å². The first-order valence-electron chi connectivity index (χ1n) is 9.99. The van der Waals surface area contributed by atoms with E-state index in [1.54, 1.807) is 0 Å². The van der Waals surface area contributed by atoms with Crippen LogP contribution in [-0.4, -0.2) is 70.6 Å². The first-order chi connectivity index (χ1) is 12.7. The minimum atomic E-state index is -2.18. The third-order valence-corrected chi connectivity index (χ3v) is 6.66. The molecule has 7 nitrogen and oxygen atoms in total. The van der Waals surface area contributed by atoms with E-state index < -0.39 is 63.5 Å². The van der Waals surface area contributed by atoms with Gasteiger partial charge in [-0.2, -0.15) is 0 Å². The summed E-state index contributed by atoms with van der Waals surface area (Å²) in [5.74, 6) is -1.02. The summed E-state index contributed by atoms with van der Waals surface area (Å²) >= 11 is 0. The van der Waals surface area contributed by atoms with E-state index in [-0.39, 0.29) is 0 Å². The quantitative estimate of drug-likeness (QED) is 0.408. The molecule has 2 atom stereocenters. The fourth-order valence-corrected chi connectivity index (χ4v) is 5.81. The number of hydrogen-bond acceptors (Lipinski definition) is 7. The molecule has 0 N–H and O–H groups in total. The normalized spacial score (nSPS) is 15.8. The second-order valence-corrected chi connectivity index (χ2v) is 28.8. The summed E-state index contributed by atoms with van der Waals surface area (Å²) in [6.07, 6.45) is -3.08. The Labute approximate surface area is 181 Å². The molecule has 0 saturated carbocycles. The maximum Gasteiger partial charge on any atom is 0.323 e. The van der Waals surface area contributed by atoms with E-state index in [9.17, 15) is 9.59 Å². The molecule has 0 aliphatic heterocycles. The minimum Gasteiger partial charge on any atom is -0.518 e. The first kappa shape index (κ1) is 28.7. The molecule has 0 rings (SSSR count). The molecule has 29 heavy (non-hydrogen) atoms. The zero-order chi connectivity index (χ0) is 23.4. The van der Waals surface area contributed by atoms with Crippen molar-refractivity contribution < 1.29 is 32.0 Å². The fraction of sp³-hybridized carbons (Fsp3) is 0.889. The molecule has 0 aromatic carbocycles. The van der Waals surface area contributed by atoms with Crippen LogP contribution in [0.25, 0.3) is 0 Å². The maximum atomic E-state index is 13.1. The molecule has 11 heteroatoms. The molecular formula is C18H42O7Si4. The van der Waals surface area contributed by atoms with E-state index in [0.717, 1.165) is 0 Å². The van der Waals surface area contributed by atoms with Crippen LogP contribution in [0, 0.1) is 0 Å². The Morgan fingerprint density at radius 3 is 1.00 bits per heavy atom. The molecule has 0 aliphatic rings. The molecule has 0 aromatic rings. The van der Waals surface area contributed by atoms with Gasteiger partial charge in [0.25, 0.3) is 0 Å². The summed E-state index contributed by atoms with van der Waals surface area (Å²) in [5.41, 5.74) is 0. The van der Waals surface area contributed by atoms with E-state index in [1.165, 1.54) is 7.11 Å². The topological polar surface area (TPSA) is 80.3 Å². The van der Waals surface area contributed by atoms with E-state index in [0.29, 0.717) is 0 Å². The van der Waals surface area contributed by atoms with Gasteiger partial charge in [0.15, 0.2) is 28.8 Å². The number of ether oxygens (including phenoxy) is 1. The predicted molar refractivity (Wildman–Crippen MR) is 126 cm³/mol. The summed E-state index contributed by atoms with van der Waals surface area (Å²) in [5, 5.41) is 0. The van der Waals surface area contributed by atoms with E-state index >= 15 is 0 Å². The Morgan fingerprint density at radius 2 is 0.828 bits per heavy atom. The minimum absolute atomic E-state index is 0.511. The summed E-state index contributed by atoms with van der Waals surface area (Å²) in [4.78, 5) is 26.1. The van der Waals surface area contributed by atoms with Gasteiger partial charge in [-0.3, -0.25) is 9.59 Å². The van der Waals surface area contributed by atoms with E-state index in [4.69, 9.17) is 22.4 Å². The standard InChI is InChI=1S/C18H42O7Si4/c1-21-14(15(22-26(2,3)4)17(19)24-28(8,9)10)16(23-27(5,6)7)18(20)25-29(11,12)13/h14-16H,1-13H3/t15-,16-/m1/s1. The molecule has 172 valence electrons. The highest BCUT2D eigenvalue weighted by molar-refractivity contribution is 6.72. The molecule has 0 fully saturated rings. The van der Waals surface area contributed by atoms with Crippen LogP contribution < -0.4 is 0 Å². The van der Waals surface area contributed by atoms with Crippen molar-refractivity contribution in [1.29, 1.82) is 0 Å². The second-order valence-electron chi connectivity index (χ2n) is 11.1. The average Bonchev–Trinajstić information content (AvgIpc) is 2.39. The van der Waals surface area contributed by atoms with Gasteiger partial charge in [0.1, 0.15) is 6.10 Å². The monoisotopic (exact) mass is 482 g/mol. The van der Waals surface area contributed by atoms with Crippen molar-refractivity contribution in [2.75, 3.05) is 7.11 Å². The van der Waals surface area contributed by atoms with Crippen molar-refractivity contribution in [2.24, 2.45) is 0 Å². The van der Waals surface area contributed by atoms with Crippen molar-refractivity contribution in [3.05, 3.63) is 0 Å². The van der Waals surface area contributed by atoms with Gasteiger partial charge in [-0.25, -0.2) is 0 Å². The van der Waals surface area contributed by atoms with Gasteiger partial charge in [0.05, 0.1) is 0 Å². The summed E-state index contributed by atoms with van der Waals surface area (Å²) in [6.45, 7) is 23.4. The Morgan fingerprint density at radius 1 is 0.552 bits per heavy atom. The third-order valence-electron chi connectivity index (χ3n) is 3.11. The van der Waals surface area contributed by atoms with E-state index in [1.807, 2.05) is 78.6 Å². The third kappa shape index (κ3) is 12.9. The van der Waals surface area contributed by atoms with Crippen LogP contribution >= 0.6 is 0 Å². The maximum absolute atomic E-state index is 13.1. The van der Waals surface area contributed by atoms with Gasteiger partial charge in [-0.15, -0.1) is 0 Å². The Bertz CT molecular complexity index is 509. The van der Waals surface area contributed by atoms with Crippen molar-refractivity contribution in [2.45, 2.75) is 96.9 Å². The lowest BCUT2D eigenvalue weighted by atomic mass is 10.1. The van der Waals surface area contributed by atoms with Gasteiger partial charge in [0, 0.05) is 7.11 Å². The number of carbonyl (C=O) groups is 2. The van der Waals surface area contributed by atoms with Gasteiger partial charge in [-0.05, 0) is 78.6 Å². The Balaban J connectivity index is 6.14. The second kappa shape index (κ2) is 10.3. The number of methoxy groups -OCH3 is 1. The van der Waals surface area contributed by atoms with Crippen LogP contribution in [0.5, 0.6) is 0 Å². The van der Waals surface area contributed by atoms with Crippen molar-refractivity contribution in [3.8, 4) is 0 Å². The lowest BCUT2D eigenvalue weighted by Gasteiger charge is -2.37. The molecule has 0 bridgehead atoms. The van der Waals surface area contributed by atoms with Crippen molar-refractivity contribution in [1.82, 2.24) is 0 Å². The molecule has 0 saturated heterocycles. The highest BCUT2D eigenvalue weighted by atomic mass is 28.4. The van der Waals surface area contributed by atoms with Gasteiger partial charge >= 0.3 is 11.9 Å². The molecule has 0 spiro atoms. The first-order valence-corrected chi connectivity index (χ1v) is 23.6. The summed E-state index contributed by atoms with van der Waals surface area (Å²) in [7, 11) is -7.25. The zero-order valence-electron chi connectivity index (χ0n) is 20.6. The lowest BCUT2D eigenvalue weighted by molar-refractivity contribution is -0.165. The molecule has 0 aromatic heterocycles. The summed E-state index contributed by atoms with van der Waals surface area (Å²) in [6, 6.07) is 0. The van der Waals surface area contributed by atoms with Gasteiger partial charge in [-0.1, -0.05) is 0 Å². The Hall–Kier alpha value is -0.312. The highest BCUT2D eigenvalue weighted by Gasteiger charge is 2.46. The van der Waals surface area contributed by atoms with Crippen molar-refractivity contribution >= 4 is 45.2 Å². The molecule has 0 aliphatic carbocycles. The van der Waals surface area contributed by atoms with Crippen LogP contribution in [0.3, 0.4) is 0 Å². The molecule has 0 radical (unpaired) electrons. The zero-order valence-corrected chi connectivity index (χ0v) is 24.6. The van der Waals surface area contributed by atoms with Crippen LogP contribution in [-0.2, 0) is 32.0 Å². The van der Waals surface area contributed by atoms with Crippen molar-refractivity contribution in [3.63, 3.8) is 0 Å². The molecule has 0 heterocycles. The fourth-order valence-electron chi connectivity index (χ4n) is 2.39. The lowest BCUT2D eigenvalue weighted by Crippen LogP contribution is -2.57. The molecule has 0 unspecified atom stereocenters. The summed E-state index contributed by atoms with van der Waals surface area (Å²) < 4.78 is 29.4. The highest BCUT2D eigenvalue weighted by Crippen LogP contribution is 2.24. The average molecular weight is 483 g/mol. The predicted octanol–water partition coefficient (Wildman–Crippen LogP) is 4.20. The van der Waals surface area contributed by atoms with Crippen LogP contribution in [0.1, 0.15) is 0 Å². The number of carbonyl (C=O) groups excluding carboxylic acids is 2. The van der Waals surface area contributed by atoms with Gasteiger partial charge < -0.3 is 22.4 Å². The SMILES string of the molecule is COC([C@@H](O[Si](C)(C)C)C(=O)O[Si](C)(C)C)[C@@H](O[Si](C)(C)C)C(=O)O[Si](C)(C)C. The number of rotatable bonds is 11. The molecular weight excluding hydrogens is 441 g/mol. The van der Waals surface area contributed by atoms with Gasteiger partial charge in [0.2, 0.25) is 16.6 Å². The van der Waals surface area contributed by atoms with Crippen LogP contribution in [0.4, 0.5) is 0 Å².